The molecule has 0 aliphatic carbocycles. The second kappa shape index (κ2) is 70.8. The molecule has 0 aromatic heterocycles. The molecule has 0 radical (unpaired) electrons. The lowest BCUT2D eigenvalue weighted by Gasteiger charge is -2.21. The van der Waals surface area contributed by atoms with Gasteiger partial charge >= 0.3 is 18.0 Å². The first kappa shape index (κ1) is 94.6. The predicted octanol–water partition coefficient (Wildman–Crippen LogP) is 8.14. The molecule has 0 saturated heterocycles. The lowest BCUT2D eigenvalue weighted by molar-refractivity contribution is -0.142. The van der Waals surface area contributed by atoms with Gasteiger partial charge in [0.2, 0.25) is 0 Å². The van der Waals surface area contributed by atoms with Gasteiger partial charge in [-0.1, -0.05) is 94.9 Å². The summed E-state index contributed by atoms with van der Waals surface area (Å²) in [5, 5.41) is 20.7. The van der Waals surface area contributed by atoms with Crippen molar-refractivity contribution in [2.24, 2.45) is 16.2 Å². The minimum absolute atomic E-state index is 0.0263. The fraction of sp³-hybridized carbons (Fsp3) is 0.955. The predicted molar refractivity (Wildman–Crippen MR) is 357 cm³/mol. The second-order valence-electron chi connectivity index (χ2n) is 25.3. The highest BCUT2D eigenvalue weighted by molar-refractivity contribution is 5.79. The van der Waals surface area contributed by atoms with Gasteiger partial charge in [0.05, 0.1) is 218 Å². The molecule has 26 heteroatoms. The first-order chi connectivity index (χ1) is 44.6. The summed E-state index contributed by atoms with van der Waals surface area (Å²) in [6, 6.07) is -1.29. The number of methoxy groups -OCH3 is 1. The zero-order valence-electron chi connectivity index (χ0n) is 60.5. The maximum atomic E-state index is 11.8. The molecule has 0 fully saturated rings. The van der Waals surface area contributed by atoms with E-state index >= 15 is 0 Å². The summed E-state index contributed by atoms with van der Waals surface area (Å²) in [7, 11) is 5.28. The summed E-state index contributed by atoms with van der Waals surface area (Å²) in [6.07, 6.45) is 8.32. The van der Waals surface area contributed by atoms with Gasteiger partial charge in [0.15, 0.2) is 0 Å². The first-order valence-electron chi connectivity index (χ1n) is 33.9. The Kier molecular flexibility index (Phi) is 72.0. The van der Waals surface area contributed by atoms with Crippen LogP contribution in [-0.4, -0.2) is 304 Å². The van der Waals surface area contributed by atoms with Gasteiger partial charge in [-0.25, -0.2) is 9.59 Å². The average molecular weight is 1350 g/mol. The number of nitrogens with zero attached hydrogens (tertiary/aromatic N) is 1. The van der Waals surface area contributed by atoms with Crippen molar-refractivity contribution in [2.75, 3.05) is 259 Å². The van der Waals surface area contributed by atoms with Gasteiger partial charge in [-0.05, 0) is 68.9 Å². The highest BCUT2D eigenvalue weighted by Gasteiger charge is 2.22. The molecule has 0 heterocycles. The maximum Gasteiger partial charge on any atom is 0.407 e. The number of alkyl carbamates (subject to hydrolysis) is 1. The molecule has 0 aromatic rings. The highest BCUT2D eigenvalue weighted by Crippen LogP contribution is 2.24. The fourth-order valence-corrected chi connectivity index (χ4v) is 7.40. The van der Waals surface area contributed by atoms with E-state index in [4.69, 9.17) is 95.1 Å². The number of carboxylic acid groups (broad SMARTS) is 2. The number of nitrogens with one attached hydrogen (secondary N) is 1. The van der Waals surface area contributed by atoms with Gasteiger partial charge < -0.3 is 106 Å². The summed E-state index contributed by atoms with van der Waals surface area (Å²) in [4.78, 5) is 35.9. The average Bonchev–Trinajstić information content (AvgIpc) is 3.63. The summed E-state index contributed by atoms with van der Waals surface area (Å²) in [5.74, 6) is -1.78. The van der Waals surface area contributed by atoms with E-state index in [1.807, 2.05) is 14.1 Å². The number of carbonyl (C=O) groups is 3. The number of rotatable bonds is 67. The lowest BCUT2D eigenvalue weighted by Crippen LogP contribution is -2.41. The number of unbranched alkanes of at least 4 members (excludes halogenated alkanes) is 2. The van der Waals surface area contributed by atoms with Crippen LogP contribution in [0.25, 0.3) is 0 Å². The molecule has 26 nitrogen and oxygen atoms in total. The van der Waals surface area contributed by atoms with Crippen molar-refractivity contribution in [3.05, 3.63) is 0 Å². The van der Waals surface area contributed by atoms with Crippen molar-refractivity contribution in [2.45, 2.75) is 146 Å². The van der Waals surface area contributed by atoms with Gasteiger partial charge in [0.1, 0.15) is 18.7 Å². The minimum atomic E-state index is -1.07. The molecule has 0 bridgehead atoms. The van der Waals surface area contributed by atoms with E-state index in [0.717, 1.165) is 71.0 Å². The van der Waals surface area contributed by atoms with Crippen molar-refractivity contribution in [3.8, 4) is 0 Å². The molecular weight excluding hydrogens is 1220 g/mol. The Hall–Kier alpha value is -2.55. The molecule has 0 aliphatic heterocycles. The standard InChI is InChI=1S/C29H60O11.C26H51NO11.C12H25NO2/c1-5-7-30-9-11-32-13-15-34-17-19-36-21-23-38-25-27-40-28-26-39-24-22-37-20-18-35-16-14-33-12-10-31-8-6-29(2,3)4;1-26(2,3)8-6-5-7-23(24(28)29)27-25(30)38-22-21-37-20-19-36-18-17-35-16-15-34-14-13-33-12-11-32-10-9-31-4;1-12(2,3)9-7-6-8-10(11(14)15)13(4)5/h5-28H2,1-4H3;23H,5-22H2,1-4H3,(H,27,30)(H,28,29);10H,6-9H2,1-5H3,(H,14,15). The smallest absolute Gasteiger partial charge is 0.407 e. The number of carbonyl (C=O) groups excluding carboxylic acids is 1. The second-order valence-corrected chi connectivity index (χ2v) is 25.3. The summed E-state index contributed by atoms with van der Waals surface area (Å²) in [6.45, 7) is 40.4. The molecule has 2 unspecified atom stereocenters. The lowest BCUT2D eigenvalue weighted by atomic mass is 9.89. The van der Waals surface area contributed by atoms with Crippen LogP contribution in [0.4, 0.5) is 4.79 Å². The first-order valence-corrected chi connectivity index (χ1v) is 33.9. The molecule has 0 aliphatic rings. The number of hydrogen-bond donors (Lipinski definition) is 3. The normalized spacial score (nSPS) is 12.5. The van der Waals surface area contributed by atoms with E-state index in [9.17, 15) is 19.5 Å². The Morgan fingerprint density at radius 1 is 0.333 bits per heavy atom. The molecule has 0 spiro atoms. The van der Waals surface area contributed by atoms with Crippen LogP contribution >= 0.6 is 0 Å². The van der Waals surface area contributed by atoms with Gasteiger partial charge in [-0.2, -0.15) is 0 Å². The molecule has 2 atom stereocenters. The third-order valence-electron chi connectivity index (χ3n) is 12.6. The van der Waals surface area contributed by atoms with Crippen LogP contribution in [0.2, 0.25) is 0 Å². The van der Waals surface area contributed by atoms with Crippen molar-refractivity contribution >= 4 is 18.0 Å². The number of amides is 1. The molecule has 558 valence electrons. The van der Waals surface area contributed by atoms with Crippen LogP contribution in [0.3, 0.4) is 0 Å². The summed E-state index contributed by atoms with van der Waals surface area (Å²) >= 11 is 0. The number of likely N-dealkylation sites (N-methyl/N-ethyl adjacent to an activating group) is 1. The van der Waals surface area contributed by atoms with Gasteiger partial charge in [0.25, 0.3) is 0 Å². The van der Waals surface area contributed by atoms with E-state index in [-0.39, 0.29) is 24.7 Å². The zero-order chi connectivity index (χ0) is 69.6. The summed E-state index contributed by atoms with van der Waals surface area (Å²) < 4.78 is 102. The van der Waals surface area contributed by atoms with Gasteiger partial charge in [-0.15, -0.1) is 0 Å². The Labute approximate surface area is 561 Å². The Morgan fingerprint density at radius 2 is 0.581 bits per heavy atom. The number of aliphatic carboxylic acids is 2. The minimum Gasteiger partial charge on any atom is -0.480 e. The van der Waals surface area contributed by atoms with Crippen molar-refractivity contribution in [1.82, 2.24) is 10.2 Å². The van der Waals surface area contributed by atoms with E-state index in [0.29, 0.717) is 229 Å². The van der Waals surface area contributed by atoms with E-state index in [2.05, 4.69) is 74.6 Å². The third kappa shape index (κ3) is 85.5. The Balaban J connectivity index is -0.00000143. The SMILES string of the molecule is CCCOCCOCCOCCOCCOCCOCCOCCOCCOCCOCCOCCC(C)(C)C.CN(C)C(CCCCC(C)(C)C)C(=O)O.COCCOCCOCCOCCOCCOCCOCCOC(=O)NC(CCCCC(C)(C)C)C(=O)O. The van der Waals surface area contributed by atoms with Crippen LogP contribution in [0, 0.1) is 16.2 Å². The largest absolute Gasteiger partial charge is 0.480 e. The van der Waals surface area contributed by atoms with E-state index in [1.54, 1.807) is 12.0 Å². The van der Waals surface area contributed by atoms with Gasteiger partial charge in [0, 0.05) is 20.3 Å². The quantitative estimate of drug-likeness (QED) is 0.0484. The Morgan fingerprint density at radius 3 is 0.817 bits per heavy atom. The maximum absolute atomic E-state index is 11.8. The van der Waals surface area contributed by atoms with Crippen LogP contribution in [0.1, 0.15) is 133 Å². The molecule has 0 rings (SSSR count). The highest BCUT2D eigenvalue weighted by atomic mass is 16.6. The van der Waals surface area contributed by atoms with E-state index in [1.165, 1.54) is 0 Å². The monoisotopic (exact) mass is 1350 g/mol. The Bertz CT molecular complexity index is 1560. The molecule has 3 N–H and O–H groups in total. The van der Waals surface area contributed by atoms with Crippen molar-refractivity contribution < 1.29 is 115 Å². The summed E-state index contributed by atoms with van der Waals surface area (Å²) in [5.41, 5.74) is 0.871. The van der Waals surface area contributed by atoms with Gasteiger partial charge in [-0.3, -0.25) is 9.69 Å². The zero-order valence-corrected chi connectivity index (χ0v) is 60.5. The fourth-order valence-electron chi connectivity index (χ4n) is 7.40. The molecular formula is C67H136N2O24. The van der Waals surface area contributed by atoms with E-state index < -0.39 is 24.1 Å². The number of carboxylic acids is 2. The van der Waals surface area contributed by atoms with Crippen molar-refractivity contribution in [1.29, 1.82) is 0 Å². The molecule has 0 saturated carbocycles. The van der Waals surface area contributed by atoms with Crippen molar-refractivity contribution in [3.63, 3.8) is 0 Å². The molecule has 93 heavy (non-hydrogen) atoms. The van der Waals surface area contributed by atoms with Crippen LogP contribution in [-0.2, 0) is 99.6 Å². The molecule has 0 aromatic carbocycles. The number of ether oxygens (including phenoxy) is 19. The topological polar surface area (TPSA) is 282 Å². The molecule has 1 amide bonds. The van der Waals surface area contributed by atoms with Crippen LogP contribution in [0.15, 0.2) is 0 Å². The van der Waals surface area contributed by atoms with Crippen LogP contribution in [0.5, 0.6) is 0 Å². The van der Waals surface area contributed by atoms with Crippen LogP contribution < -0.4 is 5.32 Å². The number of hydrogen-bond acceptors (Lipinski definition) is 23. The third-order valence-corrected chi connectivity index (χ3v) is 12.6.